The van der Waals surface area contributed by atoms with Crippen molar-refractivity contribution in [1.29, 1.82) is 0 Å². The fraction of sp³-hybridized carbons (Fsp3) is 0.588. The quantitative estimate of drug-likeness (QED) is 0.692. The van der Waals surface area contributed by atoms with Gasteiger partial charge in [0.15, 0.2) is 11.5 Å². The summed E-state index contributed by atoms with van der Waals surface area (Å²) in [5.41, 5.74) is 1.85. The van der Waals surface area contributed by atoms with Crippen molar-refractivity contribution in [2.24, 2.45) is 0 Å². The van der Waals surface area contributed by atoms with Crippen LogP contribution in [0.4, 0.5) is 0 Å². The summed E-state index contributed by atoms with van der Waals surface area (Å²) in [7, 11) is 2.03. The molecule has 0 aliphatic carbocycles. The zero-order chi connectivity index (χ0) is 14.2. The lowest BCUT2D eigenvalue weighted by molar-refractivity contribution is 0.431. The van der Waals surface area contributed by atoms with Crippen LogP contribution in [0.2, 0.25) is 0 Å². The Balaban J connectivity index is 1.82. The Hall–Kier alpha value is -1.35. The molecule has 1 N–H and O–H groups in total. The lowest BCUT2D eigenvalue weighted by Crippen LogP contribution is -2.27. The van der Waals surface area contributed by atoms with E-state index >= 15 is 0 Å². The molecule has 0 amide bonds. The van der Waals surface area contributed by atoms with E-state index in [-0.39, 0.29) is 0 Å². The van der Waals surface area contributed by atoms with Crippen molar-refractivity contribution in [3.63, 3.8) is 0 Å². The summed E-state index contributed by atoms with van der Waals surface area (Å²) in [6.45, 7) is 2.25. The largest absolute Gasteiger partial charge is 0.441 e. The van der Waals surface area contributed by atoms with Crippen LogP contribution in [0.3, 0.4) is 0 Å². The van der Waals surface area contributed by atoms with Gasteiger partial charge in [-0.15, -0.1) is 0 Å². The predicted octanol–water partition coefficient (Wildman–Crippen LogP) is 4.32. The zero-order valence-electron chi connectivity index (χ0n) is 12.7. The number of hydrogen-bond donors (Lipinski definition) is 1. The van der Waals surface area contributed by atoms with E-state index in [1.165, 1.54) is 38.5 Å². The van der Waals surface area contributed by atoms with Crippen LogP contribution in [0.5, 0.6) is 0 Å². The maximum Gasteiger partial charge on any atom is 0.197 e. The van der Waals surface area contributed by atoms with Gasteiger partial charge in [0.2, 0.25) is 0 Å². The highest BCUT2D eigenvalue weighted by molar-refractivity contribution is 5.72. The summed E-state index contributed by atoms with van der Waals surface area (Å²) in [5, 5.41) is 3.39. The Labute approximate surface area is 121 Å². The second-order valence-electron chi connectivity index (χ2n) is 5.47. The molecule has 1 aromatic carbocycles. The summed E-state index contributed by atoms with van der Waals surface area (Å²) >= 11 is 0. The summed E-state index contributed by atoms with van der Waals surface area (Å²) < 4.78 is 5.79. The molecule has 1 heterocycles. The predicted molar refractivity (Wildman–Crippen MR) is 83.9 cm³/mol. The molecule has 1 atom stereocenters. The lowest BCUT2D eigenvalue weighted by atomic mass is 10.0. The first-order chi connectivity index (χ1) is 9.83. The van der Waals surface area contributed by atoms with Gasteiger partial charge >= 0.3 is 0 Å². The maximum absolute atomic E-state index is 5.79. The molecule has 1 aromatic heterocycles. The van der Waals surface area contributed by atoms with Crippen molar-refractivity contribution in [3.05, 3.63) is 30.2 Å². The number of fused-ring (bicyclic) bond motifs is 1. The van der Waals surface area contributed by atoms with Crippen LogP contribution in [0.1, 0.15) is 51.3 Å². The van der Waals surface area contributed by atoms with E-state index in [9.17, 15) is 0 Å². The number of para-hydroxylation sites is 2. The third-order valence-electron chi connectivity index (χ3n) is 3.82. The third kappa shape index (κ3) is 4.34. The van der Waals surface area contributed by atoms with Crippen LogP contribution in [0.25, 0.3) is 11.1 Å². The number of nitrogens with zero attached hydrogens (tertiary/aromatic N) is 1. The number of rotatable bonds is 9. The highest BCUT2D eigenvalue weighted by Gasteiger charge is 2.12. The Kier molecular flexibility index (Phi) is 6.06. The fourth-order valence-electron chi connectivity index (χ4n) is 2.56. The second-order valence-corrected chi connectivity index (χ2v) is 5.47. The molecule has 0 saturated carbocycles. The molecule has 20 heavy (non-hydrogen) atoms. The van der Waals surface area contributed by atoms with Crippen LogP contribution in [-0.2, 0) is 6.42 Å². The summed E-state index contributed by atoms with van der Waals surface area (Å²) in [6, 6.07) is 8.43. The second kappa shape index (κ2) is 8.05. The van der Waals surface area contributed by atoms with E-state index < -0.39 is 0 Å². The number of nitrogens with one attached hydrogen (secondary N) is 1. The molecule has 3 heteroatoms. The Morgan fingerprint density at radius 1 is 1.15 bits per heavy atom. The van der Waals surface area contributed by atoms with Gasteiger partial charge in [-0.05, 0) is 25.6 Å². The minimum atomic E-state index is 0.463. The first kappa shape index (κ1) is 15.0. The molecule has 1 unspecified atom stereocenters. The third-order valence-corrected chi connectivity index (χ3v) is 3.82. The number of aromatic nitrogens is 1. The minimum absolute atomic E-state index is 0.463. The van der Waals surface area contributed by atoms with Crippen molar-refractivity contribution >= 4 is 11.1 Å². The zero-order valence-corrected chi connectivity index (χ0v) is 12.7. The number of oxazole rings is 1. The Morgan fingerprint density at radius 3 is 2.70 bits per heavy atom. The average molecular weight is 274 g/mol. The SMILES string of the molecule is CCCCCCCC(Cc1nc2ccccc2o1)NC. The molecule has 3 nitrogen and oxygen atoms in total. The number of unbranched alkanes of at least 4 members (excludes halogenated alkanes) is 4. The number of hydrogen-bond acceptors (Lipinski definition) is 3. The van der Waals surface area contributed by atoms with E-state index in [0.717, 1.165) is 23.4 Å². The van der Waals surface area contributed by atoms with Gasteiger partial charge in [-0.3, -0.25) is 0 Å². The highest BCUT2D eigenvalue weighted by Crippen LogP contribution is 2.17. The fourth-order valence-corrected chi connectivity index (χ4v) is 2.56. The van der Waals surface area contributed by atoms with Crippen molar-refractivity contribution in [2.75, 3.05) is 7.05 Å². The Morgan fingerprint density at radius 2 is 1.95 bits per heavy atom. The lowest BCUT2D eigenvalue weighted by Gasteiger charge is -2.13. The molecule has 110 valence electrons. The van der Waals surface area contributed by atoms with Crippen molar-refractivity contribution in [1.82, 2.24) is 10.3 Å². The van der Waals surface area contributed by atoms with E-state index in [1.807, 2.05) is 31.3 Å². The van der Waals surface area contributed by atoms with Crippen LogP contribution in [-0.4, -0.2) is 18.1 Å². The van der Waals surface area contributed by atoms with Crippen molar-refractivity contribution in [2.45, 2.75) is 57.9 Å². The molecule has 0 aliphatic heterocycles. The number of likely N-dealkylation sites (N-methyl/N-ethyl adjacent to an activating group) is 1. The van der Waals surface area contributed by atoms with Gasteiger partial charge in [0, 0.05) is 12.5 Å². The molecule has 0 saturated heterocycles. The van der Waals surface area contributed by atoms with Crippen molar-refractivity contribution in [3.8, 4) is 0 Å². The molecule has 2 aromatic rings. The minimum Gasteiger partial charge on any atom is -0.441 e. The average Bonchev–Trinajstić information content (AvgIpc) is 2.88. The standard InChI is InChI=1S/C17H26N2O/c1-3-4-5-6-7-10-14(18-2)13-17-19-15-11-8-9-12-16(15)20-17/h8-9,11-12,14,18H,3-7,10,13H2,1-2H3. The van der Waals surface area contributed by atoms with Gasteiger partial charge in [0.1, 0.15) is 5.52 Å². The van der Waals surface area contributed by atoms with Crippen LogP contribution >= 0.6 is 0 Å². The topological polar surface area (TPSA) is 38.1 Å². The number of benzene rings is 1. The molecular formula is C17H26N2O. The molecule has 0 aliphatic rings. The monoisotopic (exact) mass is 274 g/mol. The first-order valence-corrected chi connectivity index (χ1v) is 7.85. The van der Waals surface area contributed by atoms with Gasteiger partial charge in [-0.25, -0.2) is 4.98 Å². The van der Waals surface area contributed by atoms with Gasteiger partial charge in [-0.1, -0.05) is 51.2 Å². The van der Waals surface area contributed by atoms with E-state index in [1.54, 1.807) is 0 Å². The molecule has 0 fully saturated rings. The first-order valence-electron chi connectivity index (χ1n) is 7.85. The molecular weight excluding hydrogens is 248 g/mol. The van der Waals surface area contributed by atoms with Crippen LogP contribution in [0, 0.1) is 0 Å². The Bertz CT molecular complexity index is 473. The molecule has 0 bridgehead atoms. The van der Waals surface area contributed by atoms with Crippen molar-refractivity contribution < 1.29 is 4.42 Å². The molecule has 0 radical (unpaired) electrons. The van der Waals surface area contributed by atoms with E-state index in [0.29, 0.717) is 6.04 Å². The van der Waals surface area contributed by atoms with Gasteiger partial charge in [0.05, 0.1) is 0 Å². The van der Waals surface area contributed by atoms with Crippen LogP contribution < -0.4 is 5.32 Å². The summed E-state index contributed by atoms with van der Waals surface area (Å²) in [5.74, 6) is 0.846. The molecule has 2 rings (SSSR count). The van der Waals surface area contributed by atoms with E-state index in [4.69, 9.17) is 4.42 Å². The van der Waals surface area contributed by atoms with Gasteiger partial charge in [-0.2, -0.15) is 0 Å². The smallest absolute Gasteiger partial charge is 0.197 e. The summed E-state index contributed by atoms with van der Waals surface area (Å²) in [6.07, 6.45) is 8.70. The molecule has 0 spiro atoms. The van der Waals surface area contributed by atoms with Gasteiger partial charge in [0.25, 0.3) is 0 Å². The maximum atomic E-state index is 5.79. The summed E-state index contributed by atoms with van der Waals surface area (Å²) in [4.78, 5) is 4.55. The van der Waals surface area contributed by atoms with Crippen LogP contribution in [0.15, 0.2) is 28.7 Å². The van der Waals surface area contributed by atoms with E-state index in [2.05, 4.69) is 17.2 Å². The van der Waals surface area contributed by atoms with Gasteiger partial charge < -0.3 is 9.73 Å². The highest BCUT2D eigenvalue weighted by atomic mass is 16.3. The normalized spacial score (nSPS) is 12.9.